The number of benzene rings is 2. The van der Waals surface area contributed by atoms with Crippen LogP contribution in [0.1, 0.15) is 30.0 Å². The number of rotatable bonds is 4. The van der Waals surface area contributed by atoms with Crippen molar-refractivity contribution in [1.29, 1.82) is 0 Å². The van der Waals surface area contributed by atoms with E-state index in [2.05, 4.69) is 64.3 Å². The van der Waals surface area contributed by atoms with Gasteiger partial charge in [-0.15, -0.1) is 0 Å². The quantitative estimate of drug-likeness (QED) is 0.721. The van der Waals surface area contributed by atoms with Crippen LogP contribution in [0.4, 0.5) is 0 Å². The zero-order chi connectivity index (χ0) is 17.2. The lowest BCUT2D eigenvalue weighted by atomic mass is 10.0. The third kappa shape index (κ3) is 3.60. The van der Waals surface area contributed by atoms with Gasteiger partial charge in [-0.05, 0) is 36.2 Å². The third-order valence-electron chi connectivity index (χ3n) is 5.27. The molecule has 2 heterocycles. The number of aromatic nitrogens is 1. The molecule has 4 heteroatoms. The summed E-state index contributed by atoms with van der Waals surface area (Å²) in [5.74, 6) is 0.888. The largest absolute Gasteiger partial charge is 0.361 e. The Morgan fingerprint density at radius 1 is 1.00 bits per heavy atom. The Morgan fingerprint density at radius 2 is 1.76 bits per heavy atom. The molecule has 0 spiro atoms. The molecule has 2 aromatic carbocycles. The second-order valence-corrected chi connectivity index (χ2v) is 7.02. The van der Waals surface area contributed by atoms with Crippen LogP contribution in [-0.2, 0) is 6.54 Å². The number of piperazine rings is 1. The molecule has 1 aliphatic heterocycles. The van der Waals surface area contributed by atoms with Gasteiger partial charge in [0.1, 0.15) is 5.76 Å². The van der Waals surface area contributed by atoms with E-state index in [1.807, 2.05) is 13.0 Å². The summed E-state index contributed by atoms with van der Waals surface area (Å²) in [4.78, 5) is 5.04. The normalized spacial score (nSPS) is 17.8. The maximum atomic E-state index is 5.17. The zero-order valence-corrected chi connectivity index (χ0v) is 15.0. The first-order chi connectivity index (χ1) is 12.2. The number of fused-ring (bicyclic) bond motifs is 1. The first kappa shape index (κ1) is 16.3. The molecular weight excluding hydrogens is 310 g/mol. The Bertz CT molecular complexity index is 849. The molecule has 0 N–H and O–H groups in total. The second-order valence-electron chi connectivity index (χ2n) is 7.02. The van der Waals surface area contributed by atoms with E-state index in [-0.39, 0.29) is 0 Å². The first-order valence-electron chi connectivity index (χ1n) is 9.06. The van der Waals surface area contributed by atoms with Crippen LogP contribution in [0.5, 0.6) is 0 Å². The van der Waals surface area contributed by atoms with E-state index in [0.717, 1.165) is 44.2 Å². The summed E-state index contributed by atoms with van der Waals surface area (Å²) in [5.41, 5.74) is 2.44. The molecule has 0 amide bonds. The minimum atomic E-state index is 0.445. The number of aryl methyl sites for hydroxylation is 1. The van der Waals surface area contributed by atoms with Gasteiger partial charge in [0.15, 0.2) is 0 Å². The lowest BCUT2D eigenvalue weighted by Gasteiger charge is -2.38. The molecule has 1 atom stereocenters. The lowest BCUT2D eigenvalue weighted by molar-refractivity contribution is 0.0964. The molecule has 4 nitrogen and oxygen atoms in total. The van der Waals surface area contributed by atoms with E-state index in [1.165, 1.54) is 16.3 Å². The molecule has 0 unspecified atom stereocenters. The predicted octanol–water partition coefficient (Wildman–Crippen LogP) is 4.02. The van der Waals surface area contributed by atoms with Crippen LogP contribution in [-0.4, -0.2) is 41.1 Å². The lowest BCUT2D eigenvalue weighted by Crippen LogP contribution is -2.46. The maximum absolute atomic E-state index is 5.17. The van der Waals surface area contributed by atoms with Crippen molar-refractivity contribution < 1.29 is 4.52 Å². The predicted molar refractivity (Wildman–Crippen MR) is 100 cm³/mol. The molecule has 0 bridgehead atoms. The Morgan fingerprint density at radius 3 is 2.48 bits per heavy atom. The maximum Gasteiger partial charge on any atom is 0.133 e. The molecule has 25 heavy (non-hydrogen) atoms. The highest BCUT2D eigenvalue weighted by molar-refractivity contribution is 5.83. The molecule has 1 aromatic heterocycles. The Hall–Kier alpha value is -2.17. The van der Waals surface area contributed by atoms with Crippen molar-refractivity contribution in [2.45, 2.75) is 26.4 Å². The minimum Gasteiger partial charge on any atom is -0.361 e. The highest BCUT2D eigenvalue weighted by Gasteiger charge is 2.22. The zero-order valence-electron chi connectivity index (χ0n) is 15.0. The highest BCUT2D eigenvalue weighted by Crippen LogP contribution is 2.25. The van der Waals surface area contributed by atoms with Crippen molar-refractivity contribution in [2.24, 2.45) is 0 Å². The topological polar surface area (TPSA) is 32.5 Å². The molecule has 4 rings (SSSR count). The van der Waals surface area contributed by atoms with Crippen molar-refractivity contribution in [2.75, 3.05) is 26.2 Å². The molecule has 0 saturated carbocycles. The van der Waals surface area contributed by atoms with Gasteiger partial charge in [0, 0.05) is 44.8 Å². The summed E-state index contributed by atoms with van der Waals surface area (Å²) in [5, 5.41) is 6.75. The van der Waals surface area contributed by atoms with Crippen LogP contribution in [0.2, 0.25) is 0 Å². The van der Waals surface area contributed by atoms with E-state index in [4.69, 9.17) is 4.52 Å². The van der Waals surface area contributed by atoms with E-state index in [1.54, 1.807) is 0 Å². The second kappa shape index (κ2) is 6.98. The van der Waals surface area contributed by atoms with Crippen LogP contribution in [0.15, 0.2) is 53.1 Å². The fourth-order valence-corrected chi connectivity index (χ4v) is 3.71. The molecule has 0 radical (unpaired) electrons. The van der Waals surface area contributed by atoms with Gasteiger partial charge in [0.2, 0.25) is 0 Å². The average Bonchev–Trinajstić information content (AvgIpc) is 3.06. The summed E-state index contributed by atoms with van der Waals surface area (Å²) in [7, 11) is 0. The summed E-state index contributed by atoms with van der Waals surface area (Å²) < 4.78 is 5.17. The van der Waals surface area contributed by atoms with E-state index < -0.39 is 0 Å². The SMILES string of the molecule is Cc1cc(CN2CCN([C@@H](C)c3ccc4ccccc4c3)CC2)no1. The highest BCUT2D eigenvalue weighted by atomic mass is 16.5. The van der Waals surface area contributed by atoms with Crippen molar-refractivity contribution in [3.05, 3.63) is 65.5 Å². The molecule has 1 fully saturated rings. The van der Waals surface area contributed by atoms with Crippen LogP contribution in [0.25, 0.3) is 10.8 Å². The van der Waals surface area contributed by atoms with Crippen LogP contribution in [0, 0.1) is 6.92 Å². The minimum absolute atomic E-state index is 0.445. The molecule has 130 valence electrons. The van der Waals surface area contributed by atoms with Gasteiger partial charge in [-0.3, -0.25) is 9.80 Å². The Labute approximate surface area is 149 Å². The van der Waals surface area contributed by atoms with Crippen LogP contribution in [0.3, 0.4) is 0 Å². The monoisotopic (exact) mass is 335 g/mol. The number of nitrogens with zero attached hydrogens (tertiary/aromatic N) is 3. The fourth-order valence-electron chi connectivity index (χ4n) is 3.71. The summed E-state index contributed by atoms with van der Waals surface area (Å²) in [6, 6.07) is 17.9. The van der Waals surface area contributed by atoms with Gasteiger partial charge in [0.25, 0.3) is 0 Å². The van der Waals surface area contributed by atoms with Crippen LogP contribution >= 0.6 is 0 Å². The Kier molecular flexibility index (Phi) is 4.55. The molecular formula is C21H25N3O. The van der Waals surface area contributed by atoms with Crippen molar-refractivity contribution >= 4 is 10.8 Å². The van der Waals surface area contributed by atoms with E-state index in [9.17, 15) is 0 Å². The molecule has 1 aliphatic rings. The standard InChI is InChI=1S/C21H25N3O/c1-16-13-21(22-25-16)15-23-9-11-24(12-10-23)17(2)19-8-7-18-5-3-4-6-20(18)14-19/h3-8,13-14,17H,9-12,15H2,1-2H3/t17-/m0/s1. The first-order valence-corrected chi connectivity index (χ1v) is 9.06. The van der Waals surface area contributed by atoms with Crippen molar-refractivity contribution in [3.63, 3.8) is 0 Å². The van der Waals surface area contributed by atoms with Crippen molar-refractivity contribution in [1.82, 2.24) is 15.0 Å². The number of hydrogen-bond acceptors (Lipinski definition) is 4. The Balaban J connectivity index is 1.39. The van der Waals surface area contributed by atoms with E-state index >= 15 is 0 Å². The van der Waals surface area contributed by atoms with Gasteiger partial charge >= 0.3 is 0 Å². The summed E-state index contributed by atoms with van der Waals surface area (Å²) >= 11 is 0. The summed E-state index contributed by atoms with van der Waals surface area (Å²) in [6.07, 6.45) is 0. The summed E-state index contributed by atoms with van der Waals surface area (Å²) in [6.45, 7) is 9.47. The third-order valence-corrected chi connectivity index (χ3v) is 5.27. The van der Waals surface area contributed by atoms with Gasteiger partial charge in [-0.25, -0.2) is 0 Å². The van der Waals surface area contributed by atoms with Gasteiger partial charge < -0.3 is 4.52 Å². The van der Waals surface area contributed by atoms with Gasteiger partial charge in [-0.1, -0.05) is 41.6 Å². The fraction of sp³-hybridized carbons (Fsp3) is 0.381. The number of hydrogen-bond donors (Lipinski definition) is 0. The molecule has 3 aromatic rings. The van der Waals surface area contributed by atoms with E-state index in [0.29, 0.717) is 6.04 Å². The smallest absolute Gasteiger partial charge is 0.133 e. The van der Waals surface area contributed by atoms with Gasteiger partial charge in [-0.2, -0.15) is 0 Å². The molecule has 1 saturated heterocycles. The van der Waals surface area contributed by atoms with Crippen LogP contribution < -0.4 is 0 Å². The van der Waals surface area contributed by atoms with Gasteiger partial charge in [0.05, 0.1) is 5.69 Å². The average molecular weight is 335 g/mol. The van der Waals surface area contributed by atoms with Crippen molar-refractivity contribution in [3.8, 4) is 0 Å². The molecule has 0 aliphatic carbocycles.